The Hall–Kier alpha value is -3.26. The number of rotatable bonds is 27. The van der Waals surface area contributed by atoms with Crippen molar-refractivity contribution in [3.8, 4) is 11.5 Å². The van der Waals surface area contributed by atoms with E-state index in [-0.39, 0.29) is 36.5 Å². The number of hydrogen-bond donors (Lipinski definition) is 0. The van der Waals surface area contributed by atoms with E-state index in [1.807, 2.05) is 0 Å². The highest BCUT2D eigenvalue weighted by Crippen LogP contribution is 2.51. The van der Waals surface area contributed by atoms with Crippen LogP contribution >= 0.6 is 7.82 Å². The fourth-order valence-electron chi connectivity index (χ4n) is 4.17. The van der Waals surface area contributed by atoms with Crippen LogP contribution in [0.2, 0.25) is 0 Å². The summed E-state index contributed by atoms with van der Waals surface area (Å²) in [6.07, 6.45) is 8.29. The number of unbranched alkanes of at least 4 members (excludes halogenated alkanes) is 8. The highest BCUT2D eigenvalue weighted by molar-refractivity contribution is 7.48. The summed E-state index contributed by atoms with van der Waals surface area (Å²) in [4.78, 5) is 47.3. The molecule has 1 aromatic carbocycles. The van der Waals surface area contributed by atoms with Crippen LogP contribution in [0.4, 0.5) is 5.69 Å². The number of phosphoric ester groups is 1. The average Bonchev–Trinajstić information content (AvgIpc) is 3.04. The Bertz CT molecular complexity index is 1160. The van der Waals surface area contributed by atoms with Crippen molar-refractivity contribution in [1.82, 2.24) is 0 Å². The number of ether oxygens (including phenoxy) is 5. The molecule has 0 spiro atoms. The third kappa shape index (κ3) is 18.0. The summed E-state index contributed by atoms with van der Waals surface area (Å²) in [5.41, 5.74) is -0.493. The van der Waals surface area contributed by atoms with E-state index < -0.39 is 62.5 Å². The molecule has 15 nitrogen and oxygen atoms in total. The van der Waals surface area contributed by atoms with Crippen molar-refractivity contribution >= 4 is 31.4 Å². The molecule has 0 N–H and O–H groups in total. The largest absolute Gasteiger partial charge is 0.493 e. The monoisotopic (exact) mass is 691 g/mol. The zero-order valence-corrected chi connectivity index (χ0v) is 29.1. The van der Waals surface area contributed by atoms with Crippen molar-refractivity contribution in [3.05, 3.63) is 27.8 Å². The zero-order chi connectivity index (χ0) is 35.1. The molecule has 0 fully saturated rings. The molecule has 0 radical (unpaired) electrons. The minimum absolute atomic E-state index is 0.0634. The van der Waals surface area contributed by atoms with E-state index in [1.165, 1.54) is 20.3 Å². The van der Waals surface area contributed by atoms with Crippen LogP contribution in [-0.2, 0) is 53.3 Å². The number of nitro groups is 1. The fourth-order valence-corrected chi connectivity index (χ4v) is 5.22. The summed E-state index contributed by atoms with van der Waals surface area (Å²) in [6.45, 7) is 2.78. The van der Waals surface area contributed by atoms with Gasteiger partial charge in [-0.25, -0.2) is 9.09 Å². The first-order chi connectivity index (χ1) is 22.5. The van der Waals surface area contributed by atoms with E-state index >= 15 is 0 Å². The molecule has 0 aromatic heterocycles. The van der Waals surface area contributed by atoms with Crippen LogP contribution in [0, 0.1) is 10.1 Å². The maximum Gasteiger partial charge on any atom is 0.478 e. The third-order valence-electron chi connectivity index (χ3n) is 6.75. The maximum absolute atomic E-state index is 13.6. The van der Waals surface area contributed by atoms with Gasteiger partial charge in [-0.1, -0.05) is 65.2 Å². The second-order valence-electron chi connectivity index (χ2n) is 10.6. The molecular weight excluding hydrogens is 641 g/mol. The summed E-state index contributed by atoms with van der Waals surface area (Å²) in [5, 5.41) is 11.7. The number of hydrogen-bond acceptors (Lipinski definition) is 14. The first-order valence-electron chi connectivity index (χ1n) is 15.9. The van der Waals surface area contributed by atoms with Gasteiger partial charge in [-0.2, -0.15) is 0 Å². The Morgan fingerprint density at radius 1 is 0.787 bits per heavy atom. The molecule has 1 aromatic rings. The number of carbonyl (C=O) groups is 3. The number of nitrogens with zero attached hydrogens (tertiary/aromatic N) is 1. The zero-order valence-electron chi connectivity index (χ0n) is 28.2. The Kier molecular flexibility index (Phi) is 21.3. The molecule has 0 amide bonds. The lowest BCUT2D eigenvalue weighted by Crippen LogP contribution is -2.29. The highest BCUT2D eigenvalue weighted by Gasteiger charge is 2.32. The van der Waals surface area contributed by atoms with E-state index in [1.54, 1.807) is 0 Å². The Morgan fingerprint density at radius 2 is 1.36 bits per heavy atom. The first kappa shape index (κ1) is 41.8. The summed E-state index contributed by atoms with van der Waals surface area (Å²) < 4.78 is 55.4. The Labute approximate surface area is 276 Å². The lowest BCUT2D eigenvalue weighted by Gasteiger charge is -2.22. The number of esters is 3. The molecule has 1 unspecified atom stereocenters. The van der Waals surface area contributed by atoms with Gasteiger partial charge in [0.2, 0.25) is 6.79 Å². The molecule has 1 rings (SSSR count). The van der Waals surface area contributed by atoms with Crippen LogP contribution in [0.15, 0.2) is 12.1 Å². The van der Waals surface area contributed by atoms with Crippen molar-refractivity contribution in [1.29, 1.82) is 0 Å². The summed E-state index contributed by atoms with van der Waals surface area (Å²) in [7, 11) is -2.01. The van der Waals surface area contributed by atoms with Gasteiger partial charge in [0.1, 0.15) is 6.61 Å². The van der Waals surface area contributed by atoms with Gasteiger partial charge in [-0.05, 0) is 18.9 Å². The molecule has 0 bridgehead atoms. The second kappa shape index (κ2) is 24.0. The molecule has 0 aliphatic heterocycles. The van der Waals surface area contributed by atoms with E-state index in [0.717, 1.165) is 64.4 Å². The molecule has 2 atom stereocenters. The number of benzene rings is 1. The predicted molar refractivity (Wildman–Crippen MR) is 170 cm³/mol. The van der Waals surface area contributed by atoms with Crippen molar-refractivity contribution in [2.45, 2.75) is 111 Å². The SMILES string of the molecule is CCCCCCCC(=O)OC[C@H](COP(=O)(OCOC(C)=O)OCc1cc(OC)c(OC)cc1[N+](=O)[O-])OC(=O)CCCCCCC. The van der Waals surface area contributed by atoms with Gasteiger partial charge < -0.3 is 23.7 Å². The minimum atomic E-state index is -4.64. The molecule has 16 heteroatoms. The lowest BCUT2D eigenvalue weighted by atomic mass is 10.1. The number of carbonyl (C=O) groups excluding carboxylic acids is 3. The fraction of sp³-hybridized carbons (Fsp3) is 0.710. The molecule has 0 aliphatic carbocycles. The first-order valence-corrected chi connectivity index (χ1v) is 17.4. The van der Waals surface area contributed by atoms with Crippen LogP contribution in [0.25, 0.3) is 0 Å². The van der Waals surface area contributed by atoms with E-state index in [0.29, 0.717) is 12.8 Å². The molecule has 268 valence electrons. The van der Waals surface area contributed by atoms with Crippen LogP contribution in [0.3, 0.4) is 0 Å². The number of phosphoric acid groups is 1. The highest BCUT2D eigenvalue weighted by atomic mass is 31.2. The molecular formula is C31H50NO14P. The van der Waals surface area contributed by atoms with Crippen molar-refractivity contribution in [2.75, 3.05) is 34.2 Å². The average molecular weight is 692 g/mol. The van der Waals surface area contributed by atoms with Crippen LogP contribution in [-0.4, -0.2) is 63.2 Å². The standard InChI is InChI=1S/C31H50NO14P/c1-6-8-10-12-14-16-30(34)41-21-26(46-31(35)17-15-13-11-9-7-2)22-44-47(38,45-23-42-24(3)33)43-20-25-18-28(39-4)29(40-5)19-27(25)32(36)37/h18-19,26H,6-17,20-23H2,1-5H3/t26-,47?/m1/s1. The topological polar surface area (TPSA) is 185 Å². The van der Waals surface area contributed by atoms with Gasteiger partial charge in [-0.15, -0.1) is 0 Å². The van der Waals surface area contributed by atoms with E-state index in [9.17, 15) is 29.1 Å². The van der Waals surface area contributed by atoms with Crippen LogP contribution < -0.4 is 9.47 Å². The van der Waals surface area contributed by atoms with Crippen molar-refractivity contribution in [2.24, 2.45) is 0 Å². The van der Waals surface area contributed by atoms with Gasteiger partial charge >= 0.3 is 25.7 Å². The van der Waals surface area contributed by atoms with Crippen molar-refractivity contribution < 1.29 is 61.1 Å². The van der Waals surface area contributed by atoms with Gasteiger partial charge in [0, 0.05) is 19.8 Å². The third-order valence-corrected chi connectivity index (χ3v) is 8.08. The molecule has 0 heterocycles. The van der Waals surface area contributed by atoms with Gasteiger partial charge in [0.15, 0.2) is 17.6 Å². The molecule has 0 aliphatic rings. The smallest absolute Gasteiger partial charge is 0.478 e. The van der Waals surface area contributed by atoms with Gasteiger partial charge in [0.25, 0.3) is 5.69 Å². The molecule has 47 heavy (non-hydrogen) atoms. The summed E-state index contributed by atoms with van der Waals surface area (Å²) in [5.74, 6) is -1.59. The quantitative estimate of drug-likeness (QED) is 0.0175. The maximum atomic E-state index is 13.6. The lowest BCUT2D eigenvalue weighted by molar-refractivity contribution is -0.385. The van der Waals surface area contributed by atoms with Crippen molar-refractivity contribution in [3.63, 3.8) is 0 Å². The van der Waals surface area contributed by atoms with E-state index in [2.05, 4.69) is 13.8 Å². The normalized spacial score (nSPS) is 12.9. The Balaban J connectivity index is 3.07. The predicted octanol–water partition coefficient (Wildman–Crippen LogP) is 6.97. The van der Waals surface area contributed by atoms with E-state index in [4.69, 9.17) is 37.3 Å². The van der Waals surface area contributed by atoms with Crippen LogP contribution in [0.1, 0.15) is 103 Å². The minimum Gasteiger partial charge on any atom is -0.493 e. The molecule has 0 saturated carbocycles. The van der Waals surface area contributed by atoms with Crippen LogP contribution in [0.5, 0.6) is 11.5 Å². The van der Waals surface area contributed by atoms with Gasteiger partial charge in [-0.3, -0.25) is 33.5 Å². The summed E-state index contributed by atoms with van der Waals surface area (Å²) >= 11 is 0. The van der Waals surface area contributed by atoms with Gasteiger partial charge in [0.05, 0.1) is 44.0 Å². The molecule has 0 saturated heterocycles. The number of methoxy groups -OCH3 is 2. The second-order valence-corrected chi connectivity index (χ2v) is 12.3. The number of nitro benzene ring substituents is 1. The summed E-state index contributed by atoms with van der Waals surface area (Å²) in [6, 6.07) is 2.37. The Morgan fingerprint density at radius 3 is 1.91 bits per heavy atom.